The molecule has 1 N–H and O–H groups in total. The van der Waals surface area contributed by atoms with Crippen molar-refractivity contribution in [1.29, 1.82) is 0 Å². The Balaban J connectivity index is 1.82. The minimum atomic E-state index is -0.188. The molecule has 0 radical (unpaired) electrons. The Labute approximate surface area is 86.0 Å². The zero-order chi connectivity index (χ0) is 10.1. The van der Waals surface area contributed by atoms with E-state index in [2.05, 4.69) is 18.7 Å². The van der Waals surface area contributed by atoms with Gasteiger partial charge in [0.2, 0.25) is 0 Å². The SMILES string of the molecule is CC(C)C(O)CN1CC2CCC(C1)O2. The Kier molecular flexibility index (Phi) is 3.10. The molecule has 0 aliphatic carbocycles. The van der Waals surface area contributed by atoms with Crippen molar-refractivity contribution in [3.8, 4) is 0 Å². The number of likely N-dealkylation sites (tertiary alicyclic amines) is 1. The van der Waals surface area contributed by atoms with Crippen molar-refractivity contribution in [2.24, 2.45) is 5.92 Å². The van der Waals surface area contributed by atoms with Crippen molar-refractivity contribution in [3.63, 3.8) is 0 Å². The maximum absolute atomic E-state index is 9.79. The van der Waals surface area contributed by atoms with Crippen LogP contribution in [0, 0.1) is 5.92 Å². The third kappa shape index (κ3) is 2.27. The fourth-order valence-corrected chi connectivity index (χ4v) is 2.32. The summed E-state index contributed by atoms with van der Waals surface area (Å²) in [7, 11) is 0. The van der Waals surface area contributed by atoms with Crippen LogP contribution in [0.2, 0.25) is 0 Å². The van der Waals surface area contributed by atoms with E-state index in [4.69, 9.17) is 4.74 Å². The summed E-state index contributed by atoms with van der Waals surface area (Å²) >= 11 is 0. The molecule has 2 aliphatic heterocycles. The third-order valence-corrected chi connectivity index (χ3v) is 3.33. The Bertz CT molecular complexity index is 184. The van der Waals surface area contributed by atoms with Gasteiger partial charge >= 0.3 is 0 Å². The highest BCUT2D eigenvalue weighted by molar-refractivity contribution is 4.85. The molecular weight excluding hydrogens is 178 g/mol. The van der Waals surface area contributed by atoms with Crippen molar-refractivity contribution in [1.82, 2.24) is 4.90 Å². The number of fused-ring (bicyclic) bond motifs is 2. The quantitative estimate of drug-likeness (QED) is 0.732. The van der Waals surface area contributed by atoms with Crippen LogP contribution in [0.5, 0.6) is 0 Å². The molecule has 2 bridgehead atoms. The zero-order valence-corrected chi connectivity index (χ0v) is 9.15. The lowest BCUT2D eigenvalue weighted by molar-refractivity contribution is -0.0534. The number of aliphatic hydroxyl groups excluding tert-OH is 1. The Hall–Kier alpha value is -0.120. The van der Waals surface area contributed by atoms with Crippen LogP contribution in [-0.4, -0.2) is 48.0 Å². The second-order valence-corrected chi connectivity index (χ2v) is 4.99. The fourth-order valence-electron chi connectivity index (χ4n) is 2.32. The van der Waals surface area contributed by atoms with E-state index in [9.17, 15) is 5.11 Å². The topological polar surface area (TPSA) is 32.7 Å². The van der Waals surface area contributed by atoms with E-state index < -0.39 is 0 Å². The number of β-amino-alcohol motifs (C(OH)–C–C–N with tert-alkyl or cyclic N) is 1. The fraction of sp³-hybridized carbons (Fsp3) is 1.00. The predicted octanol–water partition coefficient (Wildman–Crippen LogP) is 0.866. The number of ether oxygens (including phenoxy) is 1. The highest BCUT2D eigenvalue weighted by Crippen LogP contribution is 2.26. The smallest absolute Gasteiger partial charge is 0.0707 e. The average molecular weight is 199 g/mol. The molecule has 0 saturated carbocycles. The standard InChI is InChI=1S/C11H21NO2/c1-8(2)11(13)7-12-5-9-3-4-10(6-12)14-9/h8-11,13H,3-7H2,1-2H3. The van der Waals surface area contributed by atoms with Gasteiger partial charge in [-0.25, -0.2) is 0 Å². The number of hydrogen-bond acceptors (Lipinski definition) is 3. The summed E-state index contributed by atoms with van der Waals surface area (Å²) in [6, 6.07) is 0. The molecule has 2 heterocycles. The number of rotatable bonds is 3. The summed E-state index contributed by atoms with van der Waals surface area (Å²) in [5.41, 5.74) is 0. The lowest BCUT2D eigenvalue weighted by Gasteiger charge is -2.34. The van der Waals surface area contributed by atoms with Crippen LogP contribution in [0.3, 0.4) is 0 Å². The first-order valence-electron chi connectivity index (χ1n) is 5.71. The molecule has 2 aliphatic rings. The van der Waals surface area contributed by atoms with Crippen molar-refractivity contribution in [2.45, 2.75) is 45.0 Å². The van der Waals surface area contributed by atoms with Crippen LogP contribution in [0.1, 0.15) is 26.7 Å². The molecule has 3 nitrogen and oxygen atoms in total. The Morgan fingerprint density at radius 3 is 2.36 bits per heavy atom. The highest BCUT2D eigenvalue weighted by Gasteiger charge is 2.34. The van der Waals surface area contributed by atoms with Gasteiger partial charge in [0.05, 0.1) is 18.3 Å². The van der Waals surface area contributed by atoms with Crippen molar-refractivity contribution in [2.75, 3.05) is 19.6 Å². The van der Waals surface area contributed by atoms with Crippen LogP contribution in [0.25, 0.3) is 0 Å². The van der Waals surface area contributed by atoms with Gasteiger partial charge in [-0.05, 0) is 18.8 Å². The monoisotopic (exact) mass is 199 g/mol. The first-order valence-corrected chi connectivity index (χ1v) is 5.71. The molecule has 0 amide bonds. The Morgan fingerprint density at radius 1 is 1.29 bits per heavy atom. The maximum atomic E-state index is 9.79. The second-order valence-electron chi connectivity index (χ2n) is 4.99. The molecule has 3 unspecified atom stereocenters. The van der Waals surface area contributed by atoms with E-state index in [0.29, 0.717) is 18.1 Å². The molecule has 0 aromatic carbocycles. The largest absolute Gasteiger partial charge is 0.392 e. The molecule has 3 atom stereocenters. The first kappa shape index (κ1) is 10.4. The van der Waals surface area contributed by atoms with Crippen molar-refractivity contribution < 1.29 is 9.84 Å². The first-order chi connectivity index (χ1) is 6.65. The maximum Gasteiger partial charge on any atom is 0.0707 e. The van der Waals surface area contributed by atoms with Gasteiger partial charge < -0.3 is 9.84 Å². The molecule has 0 spiro atoms. The highest BCUT2D eigenvalue weighted by atomic mass is 16.5. The third-order valence-electron chi connectivity index (χ3n) is 3.33. The van der Waals surface area contributed by atoms with E-state index in [1.165, 1.54) is 12.8 Å². The van der Waals surface area contributed by atoms with Gasteiger partial charge in [0.15, 0.2) is 0 Å². The van der Waals surface area contributed by atoms with E-state index in [0.717, 1.165) is 19.6 Å². The van der Waals surface area contributed by atoms with Gasteiger partial charge in [-0.3, -0.25) is 4.90 Å². The van der Waals surface area contributed by atoms with Crippen LogP contribution in [-0.2, 0) is 4.74 Å². The summed E-state index contributed by atoms with van der Waals surface area (Å²) < 4.78 is 5.75. The zero-order valence-electron chi connectivity index (χ0n) is 9.15. The van der Waals surface area contributed by atoms with Gasteiger partial charge in [-0.2, -0.15) is 0 Å². The second kappa shape index (κ2) is 4.17. The molecule has 0 aromatic heterocycles. The normalized spacial score (nSPS) is 35.1. The minimum absolute atomic E-state index is 0.188. The van der Waals surface area contributed by atoms with E-state index >= 15 is 0 Å². The number of hydrogen-bond donors (Lipinski definition) is 1. The van der Waals surface area contributed by atoms with Gasteiger partial charge in [0.1, 0.15) is 0 Å². The summed E-state index contributed by atoms with van der Waals surface area (Å²) in [6.45, 7) is 6.98. The minimum Gasteiger partial charge on any atom is -0.392 e. The van der Waals surface area contributed by atoms with Crippen LogP contribution in [0.15, 0.2) is 0 Å². The molecule has 14 heavy (non-hydrogen) atoms. The van der Waals surface area contributed by atoms with E-state index in [1.54, 1.807) is 0 Å². The van der Waals surface area contributed by atoms with Crippen molar-refractivity contribution in [3.05, 3.63) is 0 Å². The van der Waals surface area contributed by atoms with Crippen molar-refractivity contribution >= 4 is 0 Å². The van der Waals surface area contributed by atoms with Crippen LogP contribution in [0.4, 0.5) is 0 Å². The molecule has 2 rings (SSSR count). The molecule has 82 valence electrons. The lowest BCUT2D eigenvalue weighted by atomic mass is 10.1. The number of aliphatic hydroxyl groups is 1. The van der Waals surface area contributed by atoms with E-state index in [1.807, 2.05) is 0 Å². The molecule has 0 aromatic rings. The van der Waals surface area contributed by atoms with Crippen LogP contribution >= 0.6 is 0 Å². The Morgan fingerprint density at radius 2 is 1.86 bits per heavy atom. The average Bonchev–Trinajstić information content (AvgIpc) is 2.45. The van der Waals surface area contributed by atoms with Gasteiger partial charge in [0.25, 0.3) is 0 Å². The van der Waals surface area contributed by atoms with Crippen LogP contribution < -0.4 is 0 Å². The van der Waals surface area contributed by atoms with E-state index in [-0.39, 0.29) is 6.10 Å². The lowest BCUT2D eigenvalue weighted by Crippen LogP contribution is -2.46. The number of morpholine rings is 1. The molecular formula is C11H21NO2. The summed E-state index contributed by atoms with van der Waals surface area (Å²) in [4.78, 5) is 2.36. The number of nitrogens with zero attached hydrogens (tertiary/aromatic N) is 1. The molecule has 2 saturated heterocycles. The summed E-state index contributed by atoms with van der Waals surface area (Å²) in [5, 5.41) is 9.79. The predicted molar refractivity (Wildman–Crippen MR) is 55.2 cm³/mol. The van der Waals surface area contributed by atoms with Gasteiger partial charge in [-0.15, -0.1) is 0 Å². The van der Waals surface area contributed by atoms with Gasteiger partial charge in [0, 0.05) is 19.6 Å². The molecule has 2 fully saturated rings. The summed E-state index contributed by atoms with van der Waals surface area (Å²) in [5.74, 6) is 0.357. The summed E-state index contributed by atoms with van der Waals surface area (Å²) in [6.07, 6.45) is 3.10. The van der Waals surface area contributed by atoms with Gasteiger partial charge in [-0.1, -0.05) is 13.8 Å². The molecule has 3 heteroatoms.